The molecule has 0 radical (unpaired) electrons. The molecule has 1 fully saturated rings. The first-order chi connectivity index (χ1) is 6.68. The van der Waals surface area contributed by atoms with Crippen molar-refractivity contribution < 1.29 is 9.84 Å². The summed E-state index contributed by atoms with van der Waals surface area (Å²) in [5.74, 6) is 0. The minimum absolute atomic E-state index is 0.0587. The lowest BCUT2D eigenvalue weighted by atomic mass is 10.1. The molecule has 2 nitrogen and oxygen atoms in total. The molecule has 0 spiro atoms. The zero-order chi connectivity index (χ0) is 10.1. The predicted molar refractivity (Wildman–Crippen MR) is 61.0 cm³/mol. The monoisotopic (exact) mass is 296 g/mol. The van der Waals surface area contributed by atoms with Crippen LogP contribution in [0.3, 0.4) is 0 Å². The molecule has 1 aromatic heterocycles. The summed E-state index contributed by atoms with van der Waals surface area (Å²) in [6, 6.07) is 1.79. The van der Waals surface area contributed by atoms with Gasteiger partial charge >= 0.3 is 0 Å². The van der Waals surface area contributed by atoms with E-state index in [0.717, 1.165) is 28.1 Å². The zero-order valence-corrected chi connectivity index (χ0v) is 10.5. The van der Waals surface area contributed by atoms with Crippen molar-refractivity contribution >= 4 is 38.9 Å². The highest BCUT2D eigenvalue weighted by Gasteiger charge is 2.27. The van der Waals surface area contributed by atoms with Gasteiger partial charge in [0.1, 0.15) is 6.10 Å². The molecule has 5 heteroatoms. The number of thiophene rings is 1. The molecule has 0 aliphatic carbocycles. The van der Waals surface area contributed by atoms with Gasteiger partial charge < -0.3 is 9.84 Å². The lowest BCUT2D eigenvalue weighted by molar-refractivity contribution is -0.000770. The van der Waals surface area contributed by atoms with Gasteiger partial charge in [-0.05, 0) is 34.8 Å². The van der Waals surface area contributed by atoms with E-state index in [2.05, 4.69) is 15.9 Å². The van der Waals surface area contributed by atoms with Crippen LogP contribution in [-0.2, 0) is 4.74 Å². The Morgan fingerprint density at radius 1 is 1.71 bits per heavy atom. The van der Waals surface area contributed by atoms with E-state index in [1.807, 2.05) is 0 Å². The highest BCUT2D eigenvalue weighted by atomic mass is 79.9. The first kappa shape index (κ1) is 10.9. The average molecular weight is 298 g/mol. The van der Waals surface area contributed by atoms with E-state index >= 15 is 0 Å². The van der Waals surface area contributed by atoms with Crippen molar-refractivity contribution in [2.75, 3.05) is 6.61 Å². The number of aliphatic hydroxyl groups is 1. The molecule has 2 unspecified atom stereocenters. The van der Waals surface area contributed by atoms with Gasteiger partial charge in [-0.25, -0.2) is 0 Å². The molecular formula is C9H10BrClO2S. The molecule has 14 heavy (non-hydrogen) atoms. The van der Waals surface area contributed by atoms with E-state index < -0.39 is 6.10 Å². The largest absolute Gasteiger partial charge is 0.385 e. The van der Waals surface area contributed by atoms with Gasteiger partial charge in [0.15, 0.2) is 0 Å². The van der Waals surface area contributed by atoms with Crippen molar-refractivity contribution in [3.63, 3.8) is 0 Å². The fourth-order valence-electron chi connectivity index (χ4n) is 1.54. The van der Waals surface area contributed by atoms with Crippen LogP contribution in [0.1, 0.15) is 23.8 Å². The third-order valence-corrected chi connectivity index (χ3v) is 4.82. The zero-order valence-electron chi connectivity index (χ0n) is 7.37. The molecule has 2 atom stereocenters. The number of rotatable bonds is 2. The predicted octanol–water partition coefficient (Wildman–Crippen LogP) is 3.38. The Kier molecular flexibility index (Phi) is 3.50. The van der Waals surface area contributed by atoms with E-state index in [4.69, 9.17) is 16.3 Å². The smallest absolute Gasteiger partial charge is 0.114 e. The van der Waals surface area contributed by atoms with Crippen molar-refractivity contribution in [1.29, 1.82) is 0 Å². The number of hydrogen-bond donors (Lipinski definition) is 1. The lowest BCUT2D eigenvalue weighted by Crippen LogP contribution is -2.15. The van der Waals surface area contributed by atoms with Crippen LogP contribution < -0.4 is 0 Å². The number of halogens is 2. The molecule has 1 aliphatic rings. The van der Waals surface area contributed by atoms with Gasteiger partial charge in [0.05, 0.1) is 14.9 Å². The van der Waals surface area contributed by atoms with Gasteiger partial charge in [-0.1, -0.05) is 11.6 Å². The highest BCUT2D eigenvalue weighted by Crippen LogP contribution is 2.38. The van der Waals surface area contributed by atoms with Crippen LogP contribution in [0, 0.1) is 0 Å². The van der Waals surface area contributed by atoms with Crippen LogP contribution >= 0.6 is 38.9 Å². The van der Waals surface area contributed by atoms with Crippen molar-refractivity contribution in [2.24, 2.45) is 0 Å². The third kappa shape index (κ3) is 2.14. The Balaban J connectivity index is 2.13. The van der Waals surface area contributed by atoms with Crippen molar-refractivity contribution in [3.05, 3.63) is 19.8 Å². The second kappa shape index (κ2) is 4.49. The van der Waals surface area contributed by atoms with E-state index in [1.165, 1.54) is 11.3 Å². The Labute approximate surface area is 100.0 Å². The van der Waals surface area contributed by atoms with E-state index in [1.54, 1.807) is 6.07 Å². The summed E-state index contributed by atoms with van der Waals surface area (Å²) in [4.78, 5) is 0.869. The van der Waals surface area contributed by atoms with Crippen molar-refractivity contribution in [2.45, 2.75) is 25.0 Å². The molecule has 1 aromatic rings. The summed E-state index contributed by atoms with van der Waals surface area (Å²) in [7, 11) is 0. The normalized spacial score (nSPS) is 24.1. The fraction of sp³-hybridized carbons (Fsp3) is 0.556. The minimum atomic E-state index is -0.536. The summed E-state index contributed by atoms with van der Waals surface area (Å²) in [5, 5.41) is 10.6. The second-order valence-corrected chi connectivity index (χ2v) is 6.08. The van der Waals surface area contributed by atoms with Crippen LogP contribution in [0.15, 0.2) is 9.85 Å². The molecule has 0 bridgehead atoms. The molecule has 1 N–H and O–H groups in total. The van der Waals surface area contributed by atoms with Crippen LogP contribution in [0.2, 0.25) is 5.02 Å². The Hall–Kier alpha value is 0.390. The summed E-state index contributed by atoms with van der Waals surface area (Å²) < 4.78 is 6.28. The molecule has 78 valence electrons. The van der Waals surface area contributed by atoms with Crippen LogP contribution in [-0.4, -0.2) is 17.8 Å². The van der Waals surface area contributed by atoms with E-state index in [0.29, 0.717) is 5.02 Å². The first-order valence-corrected chi connectivity index (χ1v) is 6.41. The highest BCUT2D eigenvalue weighted by molar-refractivity contribution is 9.11. The molecule has 0 saturated carbocycles. The fourth-order valence-corrected chi connectivity index (χ4v) is 3.33. The van der Waals surface area contributed by atoms with Gasteiger partial charge in [0.25, 0.3) is 0 Å². The van der Waals surface area contributed by atoms with Crippen molar-refractivity contribution in [3.8, 4) is 0 Å². The average Bonchev–Trinajstić information content (AvgIpc) is 2.76. The van der Waals surface area contributed by atoms with Crippen LogP contribution in [0.25, 0.3) is 0 Å². The Bertz CT molecular complexity index is 303. The second-order valence-electron chi connectivity index (χ2n) is 3.27. The minimum Gasteiger partial charge on any atom is -0.385 e. The SMILES string of the molecule is OC(c1cc(Cl)c(Br)s1)C1CCCO1. The molecule has 2 heterocycles. The molecular weight excluding hydrogens is 288 g/mol. The number of aliphatic hydroxyl groups excluding tert-OH is 1. The van der Waals surface area contributed by atoms with Gasteiger partial charge in [0.2, 0.25) is 0 Å². The maximum atomic E-state index is 9.96. The summed E-state index contributed by atoms with van der Waals surface area (Å²) in [5.41, 5.74) is 0. The lowest BCUT2D eigenvalue weighted by Gasteiger charge is -2.15. The van der Waals surface area contributed by atoms with Gasteiger partial charge in [-0.3, -0.25) is 0 Å². The third-order valence-electron chi connectivity index (χ3n) is 2.27. The Morgan fingerprint density at radius 2 is 2.50 bits per heavy atom. The topological polar surface area (TPSA) is 29.5 Å². The Morgan fingerprint density at radius 3 is 3.00 bits per heavy atom. The first-order valence-electron chi connectivity index (χ1n) is 4.43. The quantitative estimate of drug-likeness (QED) is 0.907. The molecule has 2 rings (SSSR count). The molecule has 1 saturated heterocycles. The maximum absolute atomic E-state index is 9.96. The standard InChI is InChI=1S/C9H10BrClO2S/c10-9-5(11)4-7(14-9)8(12)6-2-1-3-13-6/h4,6,8,12H,1-3H2. The maximum Gasteiger partial charge on any atom is 0.114 e. The molecule has 0 aromatic carbocycles. The summed E-state index contributed by atoms with van der Waals surface area (Å²) >= 11 is 10.7. The number of ether oxygens (including phenoxy) is 1. The van der Waals surface area contributed by atoms with Crippen molar-refractivity contribution in [1.82, 2.24) is 0 Å². The molecule has 1 aliphatic heterocycles. The van der Waals surface area contributed by atoms with Crippen LogP contribution in [0.5, 0.6) is 0 Å². The summed E-state index contributed by atoms with van der Waals surface area (Å²) in [6.45, 7) is 0.752. The van der Waals surface area contributed by atoms with E-state index in [-0.39, 0.29) is 6.10 Å². The van der Waals surface area contributed by atoms with E-state index in [9.17, 15) is 5.11 Å². The van der Waals surface area contributed by atoms with Gasteiger partial charge in [-0.2, -0.15) is 0 Å². The number of hydrogen-bond acceptors (Lipinski definition) is 3. The van der Waals surface area contributed by atoms with Gasteiger partial charge in [0, 0.05) is 11.5 Å². The summed E-state index contributed by atoms with van der Waals surface area (Å²) in [6.07, 6.45) is 1.36. The van der Waals surface area contributed by atoms with Crippen LogP contribution in [0.4, 0.5) is 0 Å². The van der Waals surface area contributed by atoms with Gasteiger partial charge in [-0.15, -0.1) is 11.3 Å². The molecule has 0 amide bonds.